The Morgan fingerprint density at radius 2 is 2.17 bits per heavy atom. The fourth-order valence-corrected chi connectivity index (χ4v) is 1.94. The highest BCUT2D eigenvalue weighted by Gasteiger charge is 2.12. The smallest absolute Gasteiger partial charge is 0.253 e. The Morgan fingerprint density at radius 1 is 1.50 bits per heavy atom. The van der Waals surface area contributed by atoms with E-state index in [1.54, 1.807) is 37.3 Å². The van der Waals surface area contributed by atoms with Gasteiger partial charge in [-0.3, -0.25) is 4.79 Å². The molecule has 0 radical (unpaired) electrons. The van der Waals surface area contributed by atoms with Crippen LogP contribution in [0.5, 0.6) is 5.75 Å². The maximum absolute atomic E-state index is 12.0. The molecule has 0 spiro atoms. The number of benzene rings is 1. The van der Waals surface area contributed by atoms with Gasteiger partial charge in [-0.1, -0.05) is 0 Å². The molecule has 0 saturated carbocycles. The number of halogens is 2. The van der Waals surface area contributed by atoms with Gasteiger partial charge in [0.15, 0.2) is 0 Å². The molecule has 0 bridgehead atoms. The Kier molecular flexibility index (Phi) is 7.98. The van der Waals surface area contributed by atoms with Crippen molar-refractivity contribution in [1.29, 1.82) is 0 Å². The fraction of sp³-hybridized carbons (Fsp3) is 0.417. The van der Waals surface area contributed by atoms with Crippen molar-refractivity contribution in [2.24, 2.45) is 0 Å². The molecule has 1 amide bonds. The molecule has 1 rings (SSSR count). The number of hydrogen-bond acceptors (Lipinski definition) is 3. The molecular formula is C12H18BrClN2O2. The number of ether oxygens (including phenoxy) is 1. The van der Waals surface area contributed by atoms with Crippen molar-refractivity contribution in [1.82, 2.24) is 10.2 Å². The lowest BCUT2D eigenvalue weighted by Gasteiger charge is -2.17. The number of amides is 1. The normalized spacial score (nSPS) is 9.56. The molecule has 1 aromatic rings. The average molecular weight is 338 g/mol. The summed E-state index contributed by atoms with van der Waals surface area (Å²) in [6, 6.07) is 5.32. The first-order valence-electron chi connectivity index (χ1n) is 5.33. The minimum Gasteiger partial charge on any atom is -0.496 e. The van der Waals surface area contributed by atoms with Crippen molar-refractivity contribution in [3.05, 3.63) is 28.2 Å². The molecule has 4 nitrogen and oxygen atoms in total. The van der Waals surface area contributed by atoms with E-state index < -0.39 is 0 Å². The van der Waals surface area contributed by atoms with E-state index in [0.29, 0.717) is 12.1 Å². The Morgan fingerprint density at radius 3 is 2.67 bits per heavy atom. The minimum absolute atomic E-state index is 0. The Hall–Kier alpha value is -0.780. The highest BCUT2D eigenvalue weighted by atomic mass is 79.9. The van der Waals surface area contributed by atoms with Crippen LogP contribution in [0.2, 0.25) is 0 Å². The highest BCUT2D eigenvalue weighted by molar-refractivity contribution is 9.10. The average Bonchev–Trinajstić information content (AvgIpc) is 2.34. The van der Waals surface area contributed by atoms with Crippen LogP contribution in [0.25, 0.3) is 0 Å². The monoisotopic (exact) mass is 336 g/mol. The quantitative estimate of drug-likeness (QED) is 0.895. The maximum atomic E-state index is 12.0. The minimum atomic E-state index is 0. The first-order valence-corrected chi connectivity index (χ1v) is 6.13. The van der Waals surface area contributed by atoms with Gasteiger partial charge in [-0.2, -0.15) is 0 Å². The summed E-state index contributed by atoms with van der Waals surface area (Å²) in [6.45, 7) is 1.46. The summed E-state index contributed by atoms with van der Waals surface area (Å²) in [4.78, 5) is 13.7. The third-order valence-corrected chi connectivity index (χ3v) is 3.06. The molecule has 0 heterocycles. The molecule has 0 aliphatic rings. The summed E-state index contributed by atoms with van der Waals surface area (Å²) in [6.07, 6.45) is 0. The van der Waals surface area contributed by atoms with E-state index in [2.05, 4.69) is 21.2 Å². The van der Waals surface area contributed by atoms with Gasteiger partial charge in [0.25, 0.3) is 5.91 Å². The van der Waals surface area contributed by atoms with Crippen LogP contribution in [0, 0.1) is 0 Å². The zero-order valence-electron chi connectivity index (χ0n) is 10.7. The second kappa shape index (κ2) is 8.34. The Labute approximate surface area is 122 Å². The maximum Gasteiger partial charge on any atom is 0.253 e. The lowest BCUT2D eigenvalue weighted by molar-refractivity contribution is 0.0797. The predicted molar refractivity (Wildman–Crippen MR) is 78.8 cm³/mol. The molecule has 0 aromatic heterocycles. The molecule has 0 aliphatic heterocycles. The molecule has 1 N–H and O–H groups in total. The second-order valence-electron chi connectivity index (χ2n) is 3.68. The largest absolute Gasteiger partial charge is 0.496 e. The van der Waals surface area contributed by atoms with E-state index in [0.717, 1.165) is 16.8 Å². The number of likely N-dealkylation sites (N-methyl/N-ethyl adjacent to an activating group) is 2. The van der Waals surface area contributed by atoms with E-state index in [1.165, 1.54) is 0 Å². The van der Waals surface area contributed by atoms with Crippen LogP contribution in [-0.2, 0) is 0 Å². The number of carbonyl (C=O) groups is 1. The highest BCUT2D eigenvalue weighted by Crippen LogP contribution is 2.25. The van der Waals surface area contributed by atoms with Gasteiger partial charge >= 0.3 is 0 Å². The number of nitrogens with one attached hydrogen (secondary N) is 1. The third-order valence-electron chi connectivity index (χ3n) is 2.44. The van der Waals surface area contributed by atoms with Crippen molar-refractivity contribution in [3.63, 3.8) is 0 Å². The first kappa shape index (κ1) is 17.2. The van der Waals surface area contributed by atoms with E-state index in [4.69, 9.17) is 4.74 Å². The molecule has 0 atom stereocenters. The SMILES string of the molecule is CNCCN(C)C(=O)c1ccc(OC)c(Br)c1.Cl. The molecule has 0 fully saturated rings. The summed E-state index contributed by atoms with van der Waals surface area (Å²) in [5.41, 5.74) is 0.649. The van der Waals surface area contributed by atoms with Crippen molar-refractivity contribution < 1.29 is 9.53 Å². The van der Waals surface area contributed by atoms with E-state index >= 15 is 0 Å². The van der Waals surface area contributed by atoms with E-state index in [1.807, 2.05) is 7.05 Å². The van der Waals surface area contributed by atoms with Gasteiger partial charge in [-0.25, -0.2) is 0 Å². The summed E-state index contributed by atoms with van der Waals surface area (Å²) in [5, 5.41) is 3.01. The van der Waals surface area contributed by atoms with Gasteiger partial charge in [0.1, 0.15) is 5.75 Å². The lowest BCUT2D eigenvalue weighted by atomic mass is 10.2. The van der Waals surface area contributed by atoms with Crippen molar-refractivity contribution in [3.8, 4) is 5.75 Å². The number of rotatable bonds is 5. The second-order valence-corrected chi connectivity index (χ2v) is 4.53. The first-order chi connectivity index (χ1) is 8.10. The fourth-order valence-electron chi connectivity index (χ4n) is 1.40. The van der Waals surface area contributed by atoms with Gasteiger partial charge in [0, 0.05) is 25.7 Å². The molecule has 0 aliphatic carbocycles. The van der Waals surface area contributed by atoms with Crippen LogP contribution in [0.15, 0.2) is 22.7 Å². The zero-order chi connectivity index (χ0) is 12.8. The van der Waals surface area contributed by atoms with Crippen LogP contribution in [0.3, 0.4) is 0 Å². The summed E-state index contributed by atoms with van der Waals surface area (Å²) in [7, 11) is 5.25. The van der Waals surface area contributed by atoms with Gasteiger partial charge in [0.2, 0.25) is 0 Å². The molecular weight excluding hydrogens is 320 g/mol. The third kappa shape index (κ3) is 4.48. The molecule has 6 heteroatoms. The lowest BCUT2D eigenvalue weighted by Crippen LogP contribution is -2.32. The Balaban J connectivity index is 0.00000289. The summed E-state index contributed by atoms with van der Waals surface area (Å²) in [5.74, 6) is 0.725. The van der Waals surface area contributed by atoms with Crippen molar-refractivity contribution in [2.75, 3.05) is 34.3 Å². The van der Waals surface area contributed by atoms with E-state index in [9.17, 15) is 4.79 Å². The van der Waals surface area contributed by atoms with Crippen LogP contribution in [-0.4, -0.2) is 45.1 Å². The molecule has 1 aromatic carbocycles. The van der Waals surface area contributed by atoms with Gasteiger partial charge in [0.05, 0.1) is 11.6 Å². The van der Waals surface area contributed by atoms with Crippen LogP contribution < -0.4 is 10.1 Å². The number of methoxy groups -OCH3 is 1. The van der Waals surface area contributed by atoms with Gasteiger partial charge in [-0.05, 0) is 41.2 Å². The molecule has 102 valence electrons. The van der Waals surface area contributed by atoms with Crippen LogP contribution >= 0.6 is 28.3 Å². The van der Waals surface area contributed by atoms with E-state index in [-0.39, 0.29) is 18.3 Å². The summed E-state index contributed by atoms with van der Waals surface area (Å²) < 4.78 is 5.91. The van der Waals surface area contributed by atoms with Gasteiger partial charge < -0.3 is 15.0 Å². The zero-order valence-corrected chi connectivity index (χ0v) is 13.1. The number of nitrogens with zero attached hydrogens (tertiary/aromatic N) is 1. The van der Waals surface area contributed by atoms with Crippen LogP contribution in [0.1, 0.15) is 10.4 Å². The number of carbonyl (C=O) groups excluding carboxylic acids is 1. The van der Waals surface area contributed by atoms with Gasteiger partial charge in [-0.15, -0.1) is 12.4 Å². The van der Waals surface area contributed by atoms with Crippen LogP contribution in [0.4, 0.5) is 0 Å². The molecule has 18 heavy (non-hydrogen) atoms. The Bertz CT molecular complexity index is 402. The van der Waals surface area contributed by atoms with Crippen molar-refractivity contribution in [2.45, 2.75) is 0 Å². The molecule has 0 unspecified atom stereocenters. The van der Waals surface area contributed by atoms with Crippen molar-refractivity contribution >= 4 is 34.2 Å². The summed E-state index contributed by atoms with van der Waals surface area (Å²) >= 11 is 3.37. The topological polar surface area (TPSA) is 41.6 Å². The number of hydrogen-bond donors (Lipinski definition) is 1. The standard InChI is InChI=1S/C12H17BrN2O2.ClH/c1-14-6-7-15(2)12(16)9-4-5-11(17-3)10(13)8-9;/h4-5,8,14H,6-7H2,1-3H3;1H. The molecule has 0 saturated heterocycles. The predicted octanol–water partition coefficient (Wildman–Crippen LogP) is 2.17.